The third kappa shape index (κ3) is 2.09. The fourth-order valence-corrected chi connectivity index (χ4v) is 2.60. The van der Waals surface area contributed by atoms with Gasteiger partial charge in [-0.05, 0) is 26.2 Å². The molecular formula is C11H17F3N2O2. The number of morpholine rings is 1. The Hall–Kier alpha value is -0.820. The van der Waals surface area contributed by atoms with Crippen LogP contribution in [0.2, 0.25) is 0 Å². The Kier molecular flexibility index (Phi) is 3.31. The van der Waals surface area contributed by atoms with Crippen LogP contribution in [0, 0.1) is 0 Å². The van der Waals surface area contributed by atoms with Crippen molar-refractivity contribution in [1.29, 1.82) is 0 Å². The summed E-state index contributed by atoms with van der Waals surface area (Å²) in [7, 11) is 0. The summed E-state index contributed by atoms with van der Waals surface area (Å²) in [6, 6.07) is -0.253. The Morgan fingerprint density at radius 2 is 2.06 bits per heavy atom. The quantitative estimate of drug-likeness (QED) is 0.771. The second-order valence-corrected chi connectivity index (χ2v) is 5.11. The molecule has 4 nitrogen and oxygen atoms in total. The molecule has 3 unspecified atom stereocenters. The fourth-order valence-electron chi connectivity index (χ4n) is 2.60. The highest BCUT2D eigenvalue weighted by Crippen LogP contribution is 2.34. The van der Waals surface area contributed by atoms with Crippen molar-refractivity contribution >= 4 is 5.91 Å². The Morgan fingerprint density at radius 3 is 2.67 bits per heavy atom. The molecular weight excluding hydrogens is 249 g/mol. The summed E-state index contributed by atoms with van der Waals surface area (Å²) in [5, 5.41) is 0. The Balaban J connectivity index is 2.18. The van der Waals surface area contributed by atoms with E-state index < -0.39 is 17.6 Å². The van der Waals surface area contributed by atoms with Gasteiger partial charge in [0.05, 0.1) is 18.8 Å². The molecule has 1 saturated heterocycles. The minimum absolute atomic E-state index is 0.133. The van der Waals surface area contributed by atoms with E-state index in [0.717, 1.165) is 19.8 Å². The molecule has 3 atom stereocenters. The van der Waals surface area contributed by atoms with Crippen molar-refractivity contribution in [2.45, 2.75) is 50.0 Å². The summed E-state index contributed by atoms with van der Waals surface area (Å²) in [5.41, 5.74) is 2.37. The SMILES string of the molecule is CC(N)(C(=O)N1CCOC2CCCC21)C(F)(F)F. The number of halogens is 3. The number of ether oxygens (including phenoxy) is 1. The largest absolute Gasteiger partial charge is 0.415 e. The standard InChI is InChI=1S/C11H17F3N2O2/c1-10(15,11(12,13)14)9(17)16-5-6-18-8-4-2-3-7(8)16/h7-8H,2-6,15H2,1H3. The van der Waals surface area contributed by atoms with Gasteiger partial charge in [-0.25, -0.2) is 0 Å². The number of nitrogens with two attached hydrogens (primary N) is 1. The third-order valence-corrected chi connectivity index (χ3v) is 3.78. The zero-order chi connectivity index (χ0) is 13.6. The smallest absolute Gasteiger partial charge is 0.374 e. The van der Waals surface area contributed by atoms with Crippen LogP contribution in [0.1, 0.15) is 26.2 Å². The molecule has 7 heteroatoms. The maximum Gasteiger partial charge on any atom is 0.415 e. The molecule has 0 aromatic rings. The van der Waals surface area contributed by atoms with Crippen molar-refractivity contribution in [3.8, 4) is 0 Å². The van der Waals surface area contributed by atoms with E-state index in [2.05, 4.69) is 0 Å². The van der Waals surface area contributed by atoms with Gasteiger partial charge < -0.3 is 15.4 Å². The summed E-state index contributed by atoms with van der Waals surface area (Å²) in [5.74, 6) is -1.05. The van der Waals surface area contributed by atoms with Gasteiger partial charge in [0.25, 0.3) is 5.91 Å². The number of carbonyl (C=O) groups is 1. The average Bonchev–Trinajstić information content (AvgIpc) is 2.73. The molecule has 1 heterocycles. The second kappa shape index (κ2) is 4.38. The molecule has 18 heavy (non-hydrogen) atoms. The van der Waals surface area contributed by atoms with Crippen LogP contribution >= 0.6 is 0 Å². The molecule has 2 rings (SSSR count). The van der Waals surface area contributed by atoms with Crippen LogP contribution in [0.25, 0.3) is 0 Å². The Morgan fingerprint density at radius 1 is 1.39 bits per heavy atom. The van der Waals surface area contributed by atoms with E-state index >= 15 is 0 Å². The van der Waals surface area contributed by atoms with Gasteiger partial charge in [-0.2, -0.15) is 13.2 Å². The fraction of sp³-hybridized carbons (Fsp3) is 0.909. The number of hydrogen-bond donors (Lipinski definition) is 1. The minimum atomic E-state index is -4.74. The number of nitrogens with zero attached hydrogens (tertiary/aromatic N) is 1. The van der Waals surface area contributed by atoms with Gasteiger partial charge in [0.15, 0.2) is 5.54 Å². The van der Waals surface area contributed by atoms with Crippen molar-refractivity contribution in [1.82, 2.24) is 4.90 Å². The van der Waals surface area contributed by atoms with Crippen LogP contribution < -0.4 is 5.73 Å². The summed E-state index contributed by atoms with van der Waals surface area (Å²) in [6.45, 7) is 1.19. The van der Waals surface area contributed by atoms with Gasteiger partial charge in [0.2, 0.25) is 0 Å². The molecule has 0 aromatic heterocycles. The highest BCUT2D eigenvalue weighted by molar-refractivity contribution is 5.87. The highest BCUT2D eigenvalue weighted by atomic mass is 19.4. The number of carbonyl (C=O) groups excluding carboxylic acids is 1. The Labute approximate surface area is 103 Å². The van der Waals surface area contributed by atoms with Gasteiger partial charge in [0, 0.05) is 6.54 Å². The van der Waals surface area contributed by atoms with Gasteiger partial charge in [-0.3, -0.25) is 4.79 Å². The van der Waals surface area contributed by atoms with E-state index in [0.29, 0.717) is 6.42 Å². The van der Waals surface area contributed by atoms with E-state index in [4.69, 9.17) is 10.5 Å². The van der Waals surface area contributed by atoms with Crippen molar-refractivity contribution in [3.63, 3.8) is 0 Å². The first-order chi connectivity index (χ1) is 8.25. The number of hydrogen-bond acceptors (Lipinski definition) is 3. The van der Waals surface area contributed by atoms with Crippen LogP contribution in [0.3, 0.4) is 0 Å². The lowest BCUT2D eigenvalue weighted by atomic mass is 9.98. The molecule has 0 aromatic carbocycles. The van der Waals surface area contributed by atoms with Crippen LogP contribution in [0.4, 0.5) is 13.2 Å². The molecule has 1 saturated carbocycles. The number of rotatable bonds is 1. The molecule has 2 N–H and O–H groups in total. The zero-order valence-corrected chi connectivity index (χ0v) is 10.2. The molecule has 1 aliphatic heterocycles. The van der Waals surface area contributed by atoms with Crippen LogP contribution in [0.5, 0.6) is 0 Å². The van der Waals surface area contributed by atoms with Crippen LogP contribution in [-0.4, -0.2) is 47.8 Å². The highest BCUT2D eigenvalue weighted by Gasteiger charge is 2.57. The van der Waals surface area contributed by atoms with E-state index in [1.54, 1.807) is 0 Å². The van der Waals surface area contributed by atoms with Gasteiger partial charge in [-0.1, -0.05) is 0 Å². The molecule has 0 radical (unpaired) electrons. The van der Waals surface area contributed by atoms with E-state index in [-0.39, 0.29) is 25.3 Å². The van der Waals surface area contributed by atoms with Crippen molar-refractivity contribution in [2.75, 3.05) is 13.2 Å². The summed E-state index contributed by atoms with van der Waals surface area (Å²) in [6.07, 6.45) is -2.53. The second-order valence-electron chi connectivity index (χ2n) is 5.11. The average molecular weight is 266 g/mol. The number of fused-ring (bicyclic) bond motifs is 1. The zero-order valence-electron chi connectivity index (χ0n) is 10.2. The van der Waals surface area contributed by atoms with Gasteiger partial charge in [-0.15, -0.1) is 0 Å². The molecule has 2 aliphatic rings. The maximum absolute atomic E-state index is 12.8. The molecule has 2 fully saturated rings. The number of amides is 1. The summed E-state index contributed by atoms with van der Waals surface area (Å²) >= 11 is 0. The lowest BCUT2D eigenvalue weighted by molar-refractivity contribution is -0.199. The lowest BCUT2D eigenvalue weighted by Gasteiger charge is -2.41. The molecule has 104 valence electrons. The normalized spacial score (nSPS) is 31.9. The molecule has 0 spiro atoms. The van der Waals surface area contributed by atoms with E-state index in [1.807, 2.05) is 0 Å². The first-order valence-electron chi connectivity index (χ1n) is 6.03. The number of alkyl halides is 3. The maximum atomic E-state index is 12.8. The van der Waals surface area contributed by atoms with Crippen molar-refractivity contribution in [2.24, 2.45) is 5.73 Å². The summed E-state index contributed by atoms with van der Waals surface area (Å²) in [4.78, 5) is 13.3. The van der Waals surface area contributed by atoms with Crippen molar-refractivity contribution in [3.05, 3.63) is 0 Å². The predicted molar refractivity (Wildman–Crippen MR) is 57.7 cm³/mol. The van der Waals surface area contributed by atoms with E-state index in [9.17, 15) is 18.0 Å². The van der Waals surface area contributed by atoms with E-state index in [1.165, 1.54) is 4.90 Å². The first-order valence-corrected chi connectivity index (χ1v) is 6.03. The third-order valence-electron chi connectivity index (χ3n) is 3.78. The van der Waals surface area contributed by atoms with Crippen LogP contribution in [0.15, 0.2) is 0 Å². The van der Waals surface area contributed by atoms with Gasteiger partial charge >= 0.3 is 6.18 Å². The van der Waals surface area contributed by atoms with Crippen molar-refractivity contribution < 1.29 is 22.7 Å². The molecule has 1 aliphatic carbocycles. The minimum Gasteiger partial charge on any atom is -0.374 e. The molecule has 0 bridgehead atoms. The Bertz CT molecular complexity index is 344. The first kappa shape index (κ1) is 13.6. The monoisotopic (exact) mass is 266 g/mol. The topological polar surface area (TPSA) is 55.6 Å². The summed E-state index contributed by atoms with van der Waals surface area (Å²) < 4.78 is 43.8. The van der Waals surface area contributed by atoms with Crippen LogP contribution in [-0.2, 0) is 9.53 Å². The van der Waals surface area contributed by atoms with Gasteiger partial charge in [0.1, 0.15) is 0 Å². The predicted octanol–water partition coefficient (Wildman–Crippen LogP) is 1.05. The molecule has 1 amide bonds. The lowest BCUT2D eigenvalue weighted by Crippen LogP contribution is -2.66.